The molecule has 0 radical (unpaired) electrons. The largest absolute Gasteiger partial charge is 0.495 e. The van der Waals surface area contributed by atoms with Gasteiger partial charge in [0.1, 0.15) is 5.75 Å². The second-order valence-electron chi connectivity index (χ2n) is 6.73. The highest BCUT2D eigenvalue weighted by molar-refractivity contribution is 5.97. The molecule has 1 N–H and O–H groups in total. The summed E-state index contributed by atoms with van der Waals surface area (Å²) in [5, 5.41) is 2.76. The van der Waals surface area contributed by atoms with E-state index in [0.717, 1.165) is 11.1 Å². The maximum atomic E-state index is 12.6. The van der Waals surface area contributed by atoms with Crippen molar-refractivity contribution < 1.29 is 19.1 Å². The van der Waals surface area contributed by atoms with Gasteiger partial charge in [-0.2, -0.15) is 0 Å². The monoisotopic (exact) mass is 355 g/mol. The van der Waals surface area contributed by atoms with Crippen LogP contribution in [0, 0.1) is 6.92 Å². The Balaban J connectivity index is 2.07. The Morgan fingerprint density at radius 1 is 1.08 bits per heavy atom. The van der Waals surface area contributed by atoms with E-state index in [1.807, 2.05) is 43.3 Å². The summed E-state index contributed by atoms with van der Waals surface area (Å²) in [5.41, 5.74) is 1.51. The minimum absolute atomic E-state index is 0.411. The number of rotatable bonds is 6. The van der Waals surface area contributed by atoms with Crippen LogP contribution in [0.3, 0.4) is 0 Å². The van der Waals surface area contributed by atoms with Gasteiger partial charge in [0.25, 0.3) is 5.91 Å². The molecule has 0 bridgehead atoms. The topological polar surface area (TPSA) is 64.6 Å². The fourth-order valence-electron chi connectivity index (χ4n) is 2.49. The lowest BCUT2D eigenvalue weighted by Crippen LogP contribution is -2.37. The minimum atomic E-state index is -0.935. The summed E-state index contributed by atoms with van der Waals surface area (Å²) in [6.07, 6.45) is -0.935. The van der Waals surface area contributed by atoms with Crippen molar-refractivity contribution in [2.24, 2.45) is 0 Å². The van der Waals surface area contributed by atoms with Gasteiger partial charge in [-0.05, 0) is 51.0 Å². The van der Waals surface area contributed by atoms with Crippen molar-refractivity contribution in [3.8, 4) is 5.75 Å². The van der Waals surface area contributed by atoms with Gasteiger partial charge in [-0.1, -0.05) is 36.4 Å². The third-order valence-electron chi connectivity index (χ3n) is 4.27. The highest BCUT2D eigenvalue weighted by atomic mass is 16.5. The quantitative estimate of drug-likeness (QED) is 0.800. The van der Waals surface area contributed by atoms with Crippen LogP contribution >= 0.6 is 0 Å². The Morgan fingerprint density at radius 2 is 1.73 bits per heavy atom. The van der Waals surface area contributed by atoms with Crippen molar-refractivity contribution >= 4 is 17.6 Å². The Labute approximate surface area is 154 Å². The van der Waals surface area contributed by atoms with Crippen molar-refractivity contribution in [2.75, 3.05) is 12.4 Å². The van der Waals surface area contributed by atoms with Crippen molar-refractivity contribution in [1.29, 1.82) is 0 Å². The molecule has 0 aliphatic heterocycles. The van der Waals surface area contributed by atoms with Gasteiger partial charge in [0, 0.05) is 0 Å². The van der Waals surface area contributed by atoms with E-state index in [4.69, 9.17) is 9.47 Å². The zero-order valence-electron chi connectivity index (χ0n) is 15.8. The van der Waals surface area contributed by atoms with E-state index in [9.17, 15) is 9.59 Å². The molecule has 0 aliphatic rings. The second-order valence-corrected chi connectivity index (χ2v) is 6.73. The highest BCUT2D eigenvalue weighted by Gasteiger charge is 2.33. The van der Waals surface area contributed by atoms with Gasteiger partial charge in [-0.15, -0.1) is 0 Å². The molecule has 138 valence electrons. The van der Waals surface area contributed by atoms with E-state index in [0.29, 0.717) is 11.4 Å². The van der Waals surface area contributed by atoms with Crippen LogP contribution in [-0.4, -0.2) is 25.1 Å². The first-order chi connectivity index (χ1) is 12.3. The molecule has 0 heterocycles. The molecule has 0 aromatic heterocycles. The number of carbonyl (C=O) groups is 2. The average molecular weight is 355 g/mol. The van der Waals surface area contributed by atoms with Crippen LogP contribution in [0.4, 0.5) is 5.69 Å². The third-order valence-corrected chi connectivity index (χ3v) is 4.27. The number of aryl methyl sites for hydroxylation is 1. The number of hydrogen-bond acceptors (Lipinski definition) is 4. The smallest absolute Gasteiger partial charge is 0.316 e. The van der Waals surface area contributed by atoms with Gasteiger partial charge in [-0.25, -0.2) is 0 Å². The van der Waals surface area contributed by atoms with Crippen LogP contribution in [0.25, 0.3) is 0 Å². The molecule has 2 rings (SSSR count). The number of ether oxygens (including phenoxy) is 2. The first-order valence-electron chi connectivity index (χ1n) is 8.48. The first kappa shape index (κ1) is 19.5. The number of esters is 1. The van der Waals surface area contributed by atoms with Crippen LogP contribution in [0.5, 0.6) is 5.75 Å². The van der Waals surface area contributed by atoms with Crippen LogP contribution < -0.4 is 10.1 Å². The van der Waals surface area contributed by atoms with Crippen LogP contribution in [0.2, 0.25) is 0 Å². The molecule has 0 fully saturated rings. The highest BCUT2D eigenvalue weighted by Crippen LogP contribution is 2.27. The van der Waals surface area contributed by atoms with E-state index in [1.54, 1.807) is 32.9 Å². The van der Waals surface area contributed by atoms with Crippen LogP contribution in [0.15, 0.2) is 48.5 Å². The van der Waals surface area contributed by atoms with Crippen molar-refractivity contribution in [1.82, 2.24) is 0 Å². The van der Waals surface area contributed by atoms with Gasteiger partial charge < -0.3 is 14.8 Å². The van der Waals surface area contributed by atoms with E-state index >= 15 is 0 Å². The van der Waals surface area contributed by atoms with Gasteiger partial charge in [-0.3, -0.25) is 9.59 Å². The van der Waals surface area contributed by atoms with Crippen LogP contribution in [-0.2, 0) is 19.7 Å². The molecule has 0 spiro atoms. The zero-order valence-corrected chi connectivity index (χ0v) is 15.8. The molecular formula is C21H25NO4. The Bertz CT molecular complexity index is 784. The molecule has 2 aromatic rings. The Kier molecular flexibility index (Phi) is 6.03. The summed E-state index contributed by atoms with van der Waals surface area (Å²) >= 11 is 0. The van der Waals surface area contributed by atoms with E-state index in [1.165, 1.54) is 7.11 Å². The number of benzene rings is 2. The Morgan fingerprint density at radius 3 is 2.35 bits per heavy atom. The molecule has 0 aliphatic carbocycles. The third kappa shape index (κ3) is 4.42. The maximum Gasteiger partial charge on any atom is 0.316 e. The zero-order chi connectivity index (χ0) is 19.3. The molecule has 2 aromatic carbocycles. The van der Waals surface area contributed by atoms with Gasteiger partial charge >= 0.3 is 5.97 Å². The van der Waals surface area contributed by atoms with Gasteiger partial charge in [0.15, 0.2) is 6.10 Å². The second kappa shape index (κ2) is 8.04. The van der Waals surface area contributed by atoms with Crippen molar-refractivity contribution in [3.63, 3.8) is 0 Å². The summed E-state index contributed by atoms with van der Waals surface area (Å²) in [7, 11) is 1.53. The summed E-state index contributed by atoms with van der Waals surface area (Å²) in [5.74, 6) is -0.319. The predicted molar refractivity (Wildman–Crippen MR) is 101 cm³/mol. The number of anilines is 1. The van der Waals surface area contributed by atoms with Gasteiger partial charge in [0.05, 0.1) is 18.2 Å². The molecule has 0 unspecified atom stereocenters. The van der Waals surface area contributed by atoms with E-state index < -0.39 is 23.4 Å². The van der Waals surface area contributed by atoms with E-state index in [-0.39, 0.29) is 0 Å². The molecule has 5 heteroatoms. The van der Waals surface area contributed by atoms with E-state index in [2.05, 4.69) is 5.32 Å². The van der Waals surface area contributed by atoms with Crippen molar-refractivity contribution in [2.45, 2.75) is 39.2 Å². The molecule has 26 heavy (non-hydrogen) atoms. The fourth-order valence-corrected chi connectivity index (χ4v) is 2.49. The number of carbonyl (C=O) groups excluding carboxylic acids is 2. The van der Waals surface area contributed by atoms with Crippen LogP contribution in [0.1, 0.15) is 31.9 Å². The molecule has 1 amide bonds. The molecule has 1 atom stereocenters. The lowest BCUT2D eigenvalue weighted by molar-refractivity contribution is -0.158. The molecule has 0 saturated carbocycles. The predicted octanol–water partition coefficient (Wildman–Crippen LogP) is 3.85. The molecular weight excluding hydrogens is 330 g/mol. The van der Waals surface area contributed by atoms with Gasteiger partial charge in [0.2, 0.25) is 0 Å². The normalized spacial score (nSPS) is 12.2. The number of methoxy groups -OCH3 is 1. The summed E-state index contributed by atoms with van der Waals surface area (Å²) in [6, 6.07) is 14.8. The minimum Gasteiger partial charge on any atom is -0.495 e. The summed E-state index contributed by atoms with van der Waals surface area (Å²) in [4.78, 5) is 25.0. The summed E-state index contributed by atoms with van der Waals surface area (Å²) < 4.78 is 10.7. The SMILES string of the molecule is COc1ccc(C)cc1NC(=O)[C@H](C)OC(=O)C(C)(C)c1ccccc1. The number of amides is 1. The fraction of sp³-hybridized carbons (Fsp3) is 0.333. The first-order valence-corrected chi connectivity index (χ1v) is 8.48. The number of hydrogen-bond donors (Lipinski definition) is 1. The van der Waals surface area contributed by atoms with Crippen molar-refractivity contribution in [3.05, 3.63) is 59.7 Å². The molecule has 0 saturated heterocycles. The average Bonchev–Trinajstić information content (AvgIpc) is 2.62. The lowest BCUT2D eigenvalue weighted by Gasteiger charge is -2.25. The standard InChI is InChI=1S/C21H25NO4/c1-14-11-12-18(25-5)17(13-14)22-19(23)15(2)26-20(24)21(3,4)16-9-7-6-8-10-16/h6-13,15H,1-5H3,(H,22,23)/t15-/m0/s1. The lowest BCUT2D eigenvalue weighted by atomic mass is 9.85. The Hall–Kier alpha value is -2.82. The number of nitrogens with one attached hydrogen (secondary N) is 1. The summed E-state index contributed by atoms with van der Waals surface area (Å²) in [6.45, 7) is 7.02. The molecule has 5 nitrogen and oxygen atoms in total. The maximum absolute atomic E-state index is 12.6.